The van der Waals surface area contributed by atoms with Gasteiger partial charge in [-0.25, -0.2) is 0 Å². The van der Waals surface area contributed by atoms with Gasteiger partial charge in [0.2, 0.25) is 12.3 Å². The second-order valence-corrected chi connectivity index (χ2v) is 2.87. The van der Waals surface area contributed by atoms with E-state index in [1.807, 2.05) is 0 Å². The molecule has 1 aliphatic heterocycles. The maximum atomic E-state index is 12.6. The smallest absolute Gasteiger partial charge is 0.250 e. The van der Waals surface area contributed by atoms with Gasteiger partial charge in [-0.05, 0) is 12.3 Å². The number of halogens is 1. The van der Waals surface area contributed by atoms with Crippen molar-refractivity contribution >= 4 is 12.3 Å². The zero-order valence-corrected chi connectivity index (χ0v) is 6.62. The second-order valence-electron chi connectivity index (χ2n) is 2.87. The molecule has 2 amide bonds. The molecule has 4 nitrogen and oxygen atoms in total. The third-order valence-corrected chi connectivity index (χ3v) is 1.95. The first kappa shape index (κ1) is 8.96. The number of rotatable bonds is 3. The topological polar surface area (TPSA) is 49.4 Å². The second kappa shape index (κ2) is 4.04. The van der Waals surface area contributed by atoms with Crippen LogP contribution in [0, 0.1) is 5.92 Å². The first-order valence-electron chi connectivity index (χ1n) is 3.87. The summed E-state index contributed by atoms with van der Waals surface area (Å²) >= 11 is 0. The van der Waals surface area contributed by atoms with E-state index in [9.17, 15) is 14.1 Å². The van der Waals surface area contributed by atoms with Crippen molar-refractivity contribution in [1.29, 1.82) is 0 Å². The van der Waals surface area contributed by atoms with Crippen molar-refractivity contribution in [2.45, 2.75) is 12.8 Å². The Morgan fingerprint density at radius 2 is 2.50 bits per heavy atom. The third kappa shape index (κ3) is 2.18. The summed E-state index contributed by atoms with van der Waals surface area (Å²) in [5, 5.41) is 2.69. The van der Waals surface area contributed by atoms with Gasteiger partial charge < -0.3 is 5.32 Å². The van der Waals surface area contributed by atoms with E-state index in [0.717, 1.165) is 0 Å². The first-order chi connectivity index (χ1) is 5.74. The predicted molar refractivity (Wildman–Crippen MR) is 39.6 cm³/mol. The minimum Gasteiger partial charge on any atom is -0.358 e. The summed E-state index contributed by atoms with van der Waals surface area (Å²) in [6.07, 6.45) is 1.47. The van der Waals surface area contributed by atoms with Crippen molar-refractivity contribution in [3.05, 3.63) is 0 Å². The summed E-state index contributed by atoms with van der Waals surface area (Å²) in [6, 6.07) is 0. The van der Waals surface area contributed by atoms with Gasteiger partial charge in [-0.2, -0.15) is 5.12 Å². The van der Waals surface area contributed by atoms with Crippen LogP contribution in [0.1, 0.15) is 12.8 Å². The van der Waals surface area contributed by atoms with E-state index in [1.165, 1.54) is 0 Å². The molecule has 0 aliphatic carbocycles. The molecule has 0 aromatic heterocycles. The molecule has 68 valence electrons. The summed E-state index contributed by atoms with van der Waals surface area (Å²) in [7, 11) is 0. The van der Waals surface area contributed by atoms with E-state index in [-0.39, 0.29) is 24.0 Å². The lowest BCUT2D eigenvalue weighted by Crippen LogP contribution is -2.38. The highest BCUT2D eigenvalue weighted by atomic mass is 19.2. The monoisotopic (exact) mass is 174 g/mol. The van der Waals surface area contributed by atoms with Crippen LogP contribution < -0.4 is 5.32 Å². The fraction of sp³-hybridized carbons (Fsp3) is 0.714. The Hall–Kier alpha value is -1.13. The summed E-state index contributed by atoms with van der Waals surface area (Å²) in [5.41, 5.74) is 0. The number of nitrogens with zero attached hydrogens (tertiary/aromatic N) is 1. The molecule has 1 fully saturated rings. The fourth-order valence-corrected chi connectivity index (χ4v) is 1.25. The average Bonchev–Trinajstić information content (AvgIpc) is 2.07. The zero-order chi connectivity index (χ0) is 8.97. The van der Waals surface area contributed by atoms with Crippen molar-refractivity contribution in [3.8, 4) is 0 Å². The van der Waals surface area contributed by atoms with Crippen molar-refractivity contribution in [3.63, 3.8) is 0 Å². The van der Waals surface area contributed by atoms with Gasteiger partial charge in [0.1, 0.15) is 0 Å². The van der Waals surface area contributed by atoms with Crippen LogP contribution in [0.4, 0.5) is 4.48 Å². The van der Waals surface area contributed by atoms with Gasteiger partial charge in [0.25, 0.3) is 0 Å². The van der Waals surface area contributed by atoms with Crippen LogP contribution in [0.5, 0.6) is 0 Å². The van der Waals surface area contributed by atoms with Crippen molar-refractivity contribution in [1.82, 2.24) is 10.4 Å². The Morgan fingerprint density at radius 3 is 3.08 bits per heavy atom. The normalized spacial score (nSPS) is 23.9. The Bertz CT molecular complexity index is 184. The largest absolute Gasteiger partial charge is 0.358 e. The molecule has 1 rings (SSSR count). The Morgan fingerprint density at radius 1 is 1.75 bits per heavy atom. The molecule has 1 unspecified atom stereocenters. The van der Waals surface area contributed by atoms with Gasteiger partial charge in [-0.3, -0.25) is 9.59 Å². The molecule has 12 heavy (non-hydrogen) atoms. The van der Waals surface area contributed by atoms with Crippen LogP contribution >= 0.6 is 0 Å². The molecule has 0 radical (unpaired) electrons. The van der Waals surface area contributed by atoms with Crippen LogP contribution in [-0.4, -0.2) is 30.5 Å². The van der Waals surface area contributed by atoms with Gasteiger partial charge >= 0.3 is 0 Å². The van der Waals surface area contributed by atoms with Gasteiger partial charge in [0.15, 0.2) is 0 Å². The lowest BCUT2D eigenvalue weighted by atomic mass is 9.99. The predicted octanol–water partition coefficient (Wildman–Crippen LogP) is -0.145. The maximum absolute atomic E-state index is 12.6. The first-order valence-corrected chi connectivity index (χ1v) is 3.87. The van der Waals surface area contributed by atoms with Crippen LogP contribution in [0.3, 0.4) is 0 Å². The molecule has 1 saturated heterocycles. The van der Waals surface area contributed by atoms with E-state index in [1.54, 1.807) is 0 Å². The van der Waals surface area contributed by atoms with E-state index >= 15 is 0 Å². The number of amides is 2. The van der Waals surface area contributed by atoms with Gasteiger partial charge in [0, 0.05) is 13.0 Å². The summed E-state index contributed by atoms with van der Waals surface area (Å²) in [4.78, 5) is 20.6. The molecular formula is C7H11FN2O2. The van der Waals surface area contributed by atoms with Crippen LogP contribution in [0.15, 0.2) is 0 Å². The highest BCUT2D eigenvalue weighted by molar-refractivity contribution is 5.75. The Kier molecular flexibility index (Phi) is 3.01. The fourth-order valence-electron chi connectivity index (χ4n) is 1.25. The number of piperidine rings is 1. The third-order valence-electron chi connectivity index (χ3n) is 1.95. The summed E-state index contributed by atoms with van der Waals surface area (Å²) in [5.74, 6) is -0.407. The summed E-state index contributed by atoms with van der Waals surface area (Å²) < 4.78 is 12.6. The standard InChI is InChI=1S/C7H11FN2O2/c8-10-4-6(3-9-5-11)1-2-7(10)12/h5-6H,1-4H2,(H,9,11). The number of hydrogen-bond acceptors (Lipinski definition) is 2. The molecule has 1 N–H and O–H groups in total. The van der Waals surface area contributed by atoms with Crippen molar-refractivity contribution in [2.75, 3.05) is 13.1 Å². The van der Waals surface area contributed by atoms with Crippen molar-refractivity contribution in [2.24, 2.45) is 5.92 Å². The van der Waals surface area contributed by atoms with E-state index in [2.05, 4.69) is 5.32 Å². The van der Waals surface area contributed by atoms with E-state index < -0.39 is 5.91 Å². The zero-order valence-electron chi connectivity index (χ0n) is 6.62. The minimum absolute atomic E-state index is 0.0536. The molecule has 5 heteroatoms. The molecule has 1 atom stereocenters. The lowest BCUT2D eigenvalue weighted by molar-refractivity contribution is -0.152. The molecule has 1 aliphatic rings. The van der Waals surface area contributed by atoms with Crippen LogP contribution in [0.2, 0.25) is 0 Å². The summed E-state index contributed by atoms with van der Waals surface area (Å²) in [6.45, 7) is 0.539. The van der Waals surface area contributed by atoms with E-state index in [0.29, 0.717) is 19.4 Å². The quantitative estimate of drug-likeness (QED) is 0.478. The maximum Gasteiger partial charge on any atom is 0.250 e. The molecular weight excluding hydrogens is 163 g/mol. The van der Waals surface area contributed by atoms with Gasteiger partial charge in [-0.15, -0.1) is 0 Å². The molecule has 0 aromatic rings. The van der Waals surface area contributed by atoms with Crippen molar-refractivity contribution < 1.29 is 14.1 Å². The van der Waals surface area contributed by atoms with E-state index in [4.69, 9.17) is 0 Å². The SMILES string of the molecule is O=CNCC1CCC(=O)N(F)C1. The van der Waals surface area contributed by atoms with Crippen LogP contribution in [-0.2, 0) is 9.59 Å². The number of carbonyl (C=O) groups is 2. The van der Waals surface area contributed by atoms with Gasteiger partial charge in [-0.1, -0.05) is 4.48 Å². The van der Waals surface area contributed by atoms with Gasteiger partial charge in [0.05, 0.1) is 6.54 Å². The highest BCUT2D eigenvalue weighted by Crippen LogP contribution is 2.16. The molecule has 0 spiro atoms. The average molecular weight is 174 g/mol. The lowest BCUT2D eigenvalue weighted by Gasteiger charge is -2.25. The molecule has 0 aromatic carbocycles. The number of carbonyl (C=O) groups excluding carboxylic acids is 2. The van der Waals surface area contributed by atoms with Crippen LogP contribution in [0.25, 0.3) is 0 Å². The molecule has 0 saturated carbocycles. The number of nitrogens with one attached hydrogen (secondary N) is 1. The molecule has 0 bridgehead atoms. The minimum atomic E-state index is -0.461. The highest BCUT2D eigenvalue weighted by Gasteiger charge is 2.25. The Labute approximate surface area is 69.7 Å². The Balaban J connectivity index is 2.30. The molecule has 1 heterocycles. The number of hydrogen-bond donors (Lipinski definition) is 1.